The van der Waals surface area contributed by atoms with Gasteiger partial charge in [0.2, 0.25) is 5.91 Å². The van der Waals surface area contributed by atoms with Gasteiger partial charge in [0.15, 0.2) is 0 Å². The fourth-order valence-electron chi connectivity index (χ4n) is 8.87. The zero-order valence-corrected chi connectivity index (χ0v) is 19.5. The van der Waals surface area contributed by atoms with Crippen LogP contribution < -0.4 is 4.74 Å². The molecule has 0 radical (unpaired) electrons. The Morgan fingerprint density at radius 2 is 1.83 bits per heavy atom. The molecule has 0 aromatic heterocycles. The number of hydrogen-bond donors (Lipinski definition) is 0. The van der Waals surface area contributed by atoms with E-state index in [1.165, 1.54) is 37.7 Å². The number of carbonyl (C=O) groups excluding carboxylic acids is 1. The minimum absolute atomic E-state index is 0.301. The Bertz CT molecular complexity index is 836. The molecule has 4 aliphatic rings. The van der Waals surface area contributed by atoms with Crippen molar-refractivity contribution < 1.29 is 9.53 Å². The average Bonchev–Trinajstić information content (AvgIpc) is 3.10. The smallest absolute Gasteiger partial charge is 0.222 e. The summed E-state index contributed by atoms with van der Waals surface area (Å²) in [5.74, 6) is 5.09. The van der Waals surface area contributed by atoms with E-state index >= 15 is 0 Å². The number of rotatable bonds is 2. The molecule has 1 unspecified atom stereocenters. The van der Waals surface area contributed by atoms with Gasteiger partial charge in [-0.1, -0.05) is 32.9 Å². The van der Waals surface area contributed by atoms with Crippen LogP contribution in [0.3, 0.4) is 0 Å². The van der Waals surface area contributed by atoms with E-state index in [-0.39, 0.29) is 0 Å². The molecule has 3 heteroatoms. The van der Waals surface area contributed by atoms with Gasteiger partial charge in [0.05, 0.1) is 7.11 Å². The molecule has 4 fully saturated rings. The third kappa shape index (κ3) is 2.72. The van der Waals surface area contributed by atoms with Crippen LogP contribution in [0, 0.1) is 34.5 Å². The number of benzene rings is 1. The Labute approximate surface area is 182 Å². The van der Waals surface area contributed by atoms with Crippen LogP contribution in [0.2, 0.25) is 0 Å². The molecule has 0 N–H and O–H groups in total. The van der Waals surface area contributed by atoms with Crippen LogP contribution in [0.15, 0.2) is 24.3 Å². The maximum atomic E-state index is 12.5. The highest BCUT2D eigenvalue weighted by molar-refractivity contribution is 5.77. The van der Waals surface area contributed by atoms with Crippen LogP contribution in [0.25, 0.3) is 0 Å². The first-order valence-electron chi connectivity index (χ1n) is 12.2. The van der Waals surface area contributed by atoms with Crippen LogP contribution in [-0.2, 0) is 4.79 Å². The van der Waals surface area contributed by atoms with E-state index in [1.807, 2.05) is 0 Å². The van der Waals surface area contributed by atoms with Gasteiger partial charge in [-0.2, -0.15) is 0 Å². The molecule has 1 heterocycles. The summed E-state index contributed by atoms with van der Waals surface area (Å²) in [6.45, 7) is 7.62. The van der Waals surface area contributed by atoms with Crippen molar-refractivity contribution in [2.75, 3.05) is 14.2 Å². The van der Waals surface area contributed by atoms with E-state index in [2.05, 4.69) is 57.0 Å². The monoisotopic (exact) mass is 409 g/mol. The van der Waals surface area contributed by atoms with Crippen molar-refractivity contribution in [3.63, 3.8) is 0 Å². The summed E-state index contributed by atoms with van der Waals surface area (Å²) in [4.78, 5) is 14.6. The summed E-state index contributed by atoms with van der Waals surface area (Å²) in [7, 11) is 3.84. The largest absolute Gasteiger partial charge is 0.497 e. The first kappa shape index (κ1) is 20.4. The maximum absolute atomic E-state index is 12.5. The Balaban J connectivity index is 1.47. The van der Waals surface area contributed by atoms with Crippen molar-refractivity contribution in [1.82, 2.24) is 4.90 Å². The third-order valence-corrected chi connectivity index (χ3v) is 10.4. The number of amides is 1. The molecular formula is C27H39NO2. The van der Waals surface area contributed by atoms with E-state index in [0.29, 0.717) is 34.6 Å². The number of fused-ring (bicyclic) bond motifs is 5. The van der Waals surface area contributed by atoms with Crippen molar-refractivity contribution in [2.24, 2.45) is 34.5 Å². The average molecular weight is 410 g/mol. The molecule has 1 aromatic rings. The maximum Gasteiger partial charge on any atom is 0.222 e. The summed E-state index contributed by atoms with van der Waals surface area (Å²) >= 11 is 0. The summed E-state index contributed by atoms with van der Waals surface area (Å²) < 4.78 is 5.55. The van der Waals surface area contributed by atoms with Crippen LogP contribution >= 0.6 is 0 Å². The summed E-state index contributed by atoms with van der Waals surface area (Å²) in [5.41, 5.74) is 2.17. The quantitative estimate of drug-likeness (QED) is 0.610. The normalized spacial score (nSPS) is 45.5. The zero-order chi connectivity index (χ0) is 21.3. The van der Waals surface area contributed by atoms with E-state index in [9.17, 15) is 4.79 Å². The van der Waals surface area contributed by atoms with E-state index < -0.39 is 0 Å². The lowest BCUT2D eigenvalue weighted by atomic mass is 9.44. The van der Waals surface area contributed by atoms with Gasteiger partial charge in [0.1, 0.15) is 5.75 Å². The SMILES string of the molecule is COc1cccc(C2CC[C@H]3[C@@H]4[C@@H](C)C[C@H]5N(C)C(=O)CC[C@]5(C)[C@H]4CC[C@]23C)c1. The number of ether oxygens (including phenoxy) is 1. The Hall–Kier alpha value is -1.51. The second-order valence-electron chi connectivity index (χ2n) is 11.5. The Morgan fingerprint density at radius 3 is 2.60 bits per heavy atom. The highest BCUT2D eigenvalue weighted by Crippen LogP contribution is 2.69. The standard InChI is InChI=1S/C27H39NO2/c1-17-15-23-27(3,14-12-24(29)28(23)4)22-11-13-26(2)20(9-10-21(26)25(17)22)18-7-6-8-19(16-18)30-5/h6-8,16-17,20-23,25H,9-15H2,1-5H3/t17-,20?,21-,22-,23+,25-,26+,27+/m0/s1. The predicted molar refractivity (Wildman–Crippen MR) is 120 cm³/mol. The Morgan fingerprint density at radius 1 is 1.07 bits per heavy atom. The second kappa shape index (κ2) is 7.00. The first-order chi connectivity index (χ1) is 14.3. The molecule has 1 amide bonds. The van der Waals surface area contributed by atoms with Gasteiger partial charge in [0.25, 0.3) is 0 Å². The summed E-state index contributed by atoms with van der Waals surface area (Å²) in [6, 6.07) is 9.29. The second-order valence-corrected chi connectivity index (χ2v) is 11.5. The topological polar surface area (TPSA) is 29.5 Å². The molecule has 8 atom stereocenters. The van der Waals surface area contributed by atoms with E-state index in [0.717, 1.165) is 36.3 Å². The number of nitrogens with zero attached hydrogens (tertiary/aromatic N) is 1. The van der Waals surface area contributed by atoms with Gasteiger partial charge >= 0.3 is 0 Å². The fraction of sp³-hybridized carbons (Fsp3) is 0.741. The molecule has 1 aliphatic heterocycles. The molecule has 164 valence electrons. The molecule has 5 rings (SSSR count). The summed E-state index contributed by atoms with van der Waals surface area (Å²) in [6.07, 6.45) is 8.36. The van der Waals surface area contributed by atoms with Gasteiger partial charge in [-0.15, -0.1) is 0 Å². The van der Waals surface area contributed by atoms with Crippen molar-refractivity contribution >= 4 is 5.91 Å². The predicted octanol–water partition coefficient (Wildman–Crippen LogP) is 5.89. The molecular weight excluding hydrogens is 370 g/mol. The number of methoxy groups -OCH3 is 1. The highest BCUT2D eigenvalue weighted by Gasteiger charge is 2.62. The molecule has 3 nitrogen and oxygen atoms in total. The lowest BCUT2D eigenvalue weighted by Crippen LogP contribution is -2.63. The molecule has 1 aromatic carbocycles. The van der Waals surface area contributed by atoms with Crippen LogP contribution in [0.5, 0.6) is 5.75 Å². The number of hydrogen-bond acceptors (Lipinski definition) is 2. The summed E-state index contributed by atoms with van der Waals surface area (Å²) in [5, 5.41) is 0. The minimum Gasteiger partial charge on any atom is -0.497 e. The van der Waals surface area contributed by atoms with Crippen molar-refractivity contribution in [2.45, 2.75) is 77.7 Å². The minimum atomic E-state index is 0.301. The molecule has 0 bridgehead atoms. The first-order valence-corrected chi connectivity index (χ1v) is 12.2. The van der Waals surface area contributed by atoms with Gasteiger partial charge in [-0.25, -0.2) is 0 Å². The number of piperidine rings is 1. The molecule has 3 aliphatic carbocycles. The zero-order valence-electron chi connectivity index (χ0n) is 19.5. The third-order valence-electron chi connectivity index (χ3n) is 10.4. The van der Waals surface area contributed by atoms with Crippen molar-refractivity contribution in [3.05, 3.63) is 29.8 Å². The van der Waals surface area contributed by atoms with Crippen LogP contribution in [-0.4, -0.2) is 31.0 Å². The lowest BCUT2D eigenvalue weighted by Gasteiger charge is -2.63. The number of likely N-dealkylation sites (tertiary alicyclic amines) is 1. The molecule has 0 spiro atoms. The van der Waals surface area contributed by atoms with Crippen LogP contribution in [0.4, 0.5) is 0 Å². The highest BCUT2D eigenvalue weighted by atomic mass is 16.5. The van der Waals surface area contributed by atoms with E-state index in [1.54, 1.807) is 7.11 Å². The van der Waals surface area contributed by atoms with Gasteiger partial charge in [0, 0.05) is 19.5 Å². The van der Waals surface area contributed by atoms with Crippen molar-refractivity contribution in [3.8, 4) is 5.75 Å². The number of carbonyl (C=O) groups is 1. The molecule has 30 heavy (non-hydrogen) atoms. The molecule has 1 saturated heterocycles. The Kier molecular flexibility index (Phi) is 4.76. The van der Waals surface area contributed by atoms with Gasteiger partial charge in [-0.3, -0.25) is 4.79 Å². The fourth-order valence-corrected chi connectivity index (χ4v) is 8.87. The van der Waals surface area contributed by atoms with E-state index in [4.69, 9.17) is 4.74 Å². The lowest BCUT2D eigenvalue weighted by molar-refractivity contribution is -0.165. The molecule has 3 saturated carbocycles. The van der Waals surface area contributed by atoms with Crippen molar-refractivity contribution in [1.29, 1.82) is 0 Å². The van der Waals surface area contributed by atoms with Gasteiger partial charge in [-0.05, 0) is 96.6 Å². The van der Waals surface area contributed by atoms with Crippen LogP contribution in [0.1, 0.15) is 77.2 Å². The van der Waals surface area contributed by atoms with Gasteiger partial charge < -0.3 is 9.64 Å².